The molecule has 1 aliphatic heterocycles. The number of ether oxygens (including phenoxy) is 1. The molecular weight excluding hydrogens is 436 g/mol. The Kier molecular flexibility index (Phi) is 5.77. The van der Waals surface area contributed by atoms with Crippen molar-refractivity contribution in [2.45, 2.75) is 55.7 Å². The minimum atomic E-state index is -1.21. The van der Waals surface area contributed by atoms with E-state index in [0.717, 1.165) is 35.1 Å². The molecule has 8 nitrogen and oxygen atoms in total. The van der Waals surface area contributed by atoms with Gasteiger partial charge in [0.25, 0.3) is 0 Å². The fraction of sp³-hybridized carbons (Fsp3) is 0.423. The summed E-state index contributed by atoms with van der Waals surface area (Å²) in [6.45, 7) is 0.0776. The molecular formula is C26H28N2O6. The average molecular weight is 465 g/mol. The van der Waals surface area contributed by atoms with Gasteiger partial charge in [0.05, 0.1) is 6.10 Å². The van der Waals surface area contributed by atoms with E-state index < -0.39 is 35.7 Å². The van der Waals surface area contributed by atoms with Crippen molar-refractivity contribution in [2.75, 3.05) is 13.2 Å². The maximum atomic E-state index is 13.4. The zero-order valence-electron chi connectivity index (χ0n) is 18.8. The zero-order chi connectivity index (χ0) is 23.9. The maximum Gasteiger partial charge on any atom is 0.408 e. The minimum absolute atomic E-state index is 0.0118. The molecule has 0 radical (unpaired) electrons. The number of aliphatic carboxylic acids is 1. The van der Waals surface area contributed by atoms with Gasteiger partial charge >= 0.3 is 12.1 Å². The molecule has 1 heterocycles. The number of benzene rings is 2. The van der Waals surface area contributed by atoms with Crippen molar-refractivity contribution in [1.82, 2.24) is 10.2 Å². The molecule has 0 bridgehead atoms. The zero-order valence-corrected chi connectivity index (χ0v) is 18.8. The molecule has 5 rings (SSSR count). The van der Waals surface area contributed by atoms with Crippen LogP contribution in [-0.4, -0.2) is 63.9 Å². The minimum Gasteiger partial charge on any atom is -0.480 e. The van der Waals surface area contributed by atoms with Crippen LogP contribution < -0.4 is 5.32 Å². The van der Waals surface area contributed by atoms with Crippen molar-refractivity contribution in [3.8, 4) is 11.1 Å². The number of nitrogens with zero attached hydrogens (tertiary/aromatic N) is 1. The predicted octanol–water partition coefficient (Wildman–Crippen LogP) is 2.88. The monoisotopic (exact) mass is 464 g/mol. The molecule has 34 heavy (non-hydrogen) atoms. The Hall–Kier alpha value is -3.39. The molecule has 2 fully saturated rings. The number of carbonyl (C=O) groups excluding carboxylic acids is 2. The largest absolute Gasteiger partial charge is 0.480 e. The van der Waals surface area contributed by atoms with E-state index in [-0.39, 0.29) is 25.5 Å². The lowest BCUT2D eigenvalue weighted by Crippen LogP contribution is -2.60. The van der Waals surface area contributed by atoms with Crippen molar-refractivity contribution in [2.24, 2.45) is 0 Å². The lowest BCUT2D eigenvalue weighted by molar-refractivity contribution is -0.151. The number of hydrogen-bond acceptors (Lipinski definition) is 5. The van der Waals surface area contributed by atoms with E-state index in [1.165, 1.54) is 4.90 Å². The second-order valence-corrected chi connectivity index (χ2v) is 9.44. The molecule has 2 aromatic rings. The first-order valence-corrected chi connectivity index (χ1v) is 11.7. The highest BCUT2D eigenvalue weighted by atomic mass is 16.5. The van der Waals surface area contributed by atoms with Crippen LogP contribution in [0.5, 0.6) is 0 Å². The number of carbonyl (C=O) groups is 3. The number of amides is 2. The molecule has 8 heteroatoms. The molecule has 3 N–H and O–H groups in total. The summed E-state index contributed by atoms with van der Waals surface area (Å²) in [5.41, 5.74) is 3.24. The fourth-order valence-electron chi connectivity index (χ4n) is 5.75. The molecule has 2 aliphatic carbocycles. The Labute approximate surface area is 197 Å². The van der Waals surface area contributed by atoms with E-state index in [1.54, 1.807) is 0 Å². The smallest absolute Gasteiger partial charge is 0.408 e. The highest BCUT2D eigenvalue weighted by Gasteiger charge is 2.50. The Morgan fingerprint density at radius 2 is 1.59 bits per heavy atom. The van der Waals surface area contributed by atoms with Crippen LogP contribution >= 0.6 is 0 Å². The number of β-amino-alcohol motifs (C(OH)–C–C–N with tert-alkyl or cyclic N) is 1. The highest BCUT2D eigenvalue weighted by Crippen LogP contribution is 2.44. The van der Waals surface area contributed by atoms with Crippen LogP contribution in [0.4, 0.5) is 4.79 Å². The number of likely N-dealkylation sites (tertiary alicyclic amines) is 1. The first kappa shape index (κ1) is 22.4. The van der Waals surface area contributed by atoms with E-state index in [4.69, 9.17) is 4.74 Å². The van der Waals surface area contributed by atoms with Crippen molar-refractivity contribution in [3.05, 3.63) is 59.7 Å². The topological polar surface area (TPSA) is 116 Å². The van der Waals surface area contributed by atoms with Crippen LogP contribution in [0, 0.1) is 0 Å². The van der Waals surface area contributed by atoms with Crippen LogP contribution in [0.1, 0.15) is 49.1 Å². The number of carboxylic acids is 1. The summed E-state index contributed by atoms with van der Waals surface area (Å²) in [6, 6.07) is 15.0. The molecule has 1 saturated heterocycles. The van der Waals surface area contributed by atoms with Gasteiger partial charge in [-0.15, -0.1) is 0 Å². The summed E-state index contributed by atoms with van der Waals surface area (Å²) in [7, 11) is 0. The lowest BCUT2D eigenvalue weighted by atomic mass is 9.95. The molecule has 178 valence electrons. The number of rotatable bonds is 5. The Morgan fingerprint density at radius 3 is 2.18 bits per heavy atom. The van der Waals surface area contributed by atoms with Gasteiger partial charge in [0.15, 0.2) is 0 Å². The summed E-state index contributed by atoms with van der Waals surface area (Å²) in [5.74, 6) is -1.71. The molecule has 1 saturated carbocycles. The van der Waals surface area contributed by atoms with Gasteiger partial charge in [0.2, 0.25) is 5.91 Å². The number of aliphatic hydroxyl groups is 1. The first-order valence-electron chi connectivity index (χ1n) is 11.7. The Balaban J connectivity index is 1.31. The van der Waals surface area contributed by atoms with Gasteiger partial charge in [0.1, 0.15) is 18.2 Å². The number of carboxylic acid groups (broad SMARTS) is 1. The van der Waals surface area contributed by atoms with Gasteiger partial charge < -0.3 is 25.2 Å². The van der Waals surface area contributed by atoms with Gasteiger partial charge in [-0.2, -0.15) is 0 Å². The van der Waals surface area contributed by atoms with E-state index >= 15 is 0 Å². The molecule has 2 aromatic carbocycles. The van der Waals surface area contributed by atoms with Crippen molar-refractivity contribution in [3.63, 3.8) is 0 Å². The van der Waals surface area contributed by atoms with Gasteiger partial charge in [-0.05, 0) is 35.1 Å². The van der Waals surface area contributed by atoms with E-state index in [9.17, 15) is 24.6 Å². The summed E-state index contributed by atoms with van der Waals surface area (Å²) >= 11 is 0. The molecule has 1 unspecified atom stereocenters. The summed E-state index contributed by atoms with van der Waals surface area (Å²) in [4.78, 5) is 39.2. The Morgan fingerprint density at radius 1 is 1.00 bits per heavy atom. The molecule has 3 aliphatic rings. The quantitative estimate of drug-likeness (QED) is 0.627. The average Bonchev–Trinajstić information content (AvgIpc) is 3.54. The van der Waals surface area contributed by atoms with Crippen LogP contribution in [-0.2, 0) is 14.3 Å². The van der Waals surface area contributed by atoms with Gasteiger partial charge in [0, 0.05) is 18.9 Å². The number of aliphatic hydroxyl groups excluding tert-OH is 1. The number of alkyl carbamates (subject to hydrolysis) is 1. The van der Waals surface area contributed by atoms with Crippen LogP contribution in [0.25, 0.3) is 11.1 Å². The number of hydrogen-bond donors (Lipinski definition) is 3. The first-order chi connectivity index (χ1) is 16.4. The van der Waals surface area contributed by atoms with Crippen molar-refractivity contribution >= 4 is 18.0 Å². The van der Waals surface area contributed by atoms with Crippen LogP contribution in [0.3, 0.4) is 0 Å². The standard InChI is InChI=1S/C26H28N2O6/c29-16-13-22(23(30)31)28(14-16)24(32)26(11-5-6-12-26)27-25(33)34-15-21-19-9-3-1-7-17(19)18-8-2-4-10-20(18)21/h1-4,7-10,16,21-22,29H,5-6,11-15H2,(H,27,33)(H,30,31)/t16?,22-/m0/s1. The lowest BCUT2D eigenvalue weighted by Gasteiger charge is -2.34. The Bertz CT molecular complexity index is 1080. The van der Waals surface area contributed by atoms with Crippen LogP contribution in [0.2, 0.25) is 0 Å². The van der Waals surface area contributed by atoms with Gasteiger partial charge in [-0.1, -0.05) is 61.4 Å². The molecule has 2 atom stereocenters. The fourth-order valence-corrected chi connectivity index (χ4v) is 5.75. The summed E-state index contributed by atoms with van der Waals surface area (Å²) in [5, 5.41) is 22.3. The van der Waals surface area contributed by atoms with Gasteiger partial charge in [-0.3, -0.25) is 4.79 Å². The molecule has 0 aromatic heterocycles. The second kappa shape index (κ2) is 8.76. The number of nitrogens with one attached hydrogen (secondary N) is 1. The van der Waals surface area contributed by atoms with E-state index in [0.29, 0.717) is 12.8 Å². The van der Waals surface area contributed by atoms with Crippen molar-refractivity contribution < 1.29 is 29.3 Å². The van der Waals surface area contributed by atoms with Crippen LogP contribution in [0.15, 0.2) is 48.5 Å². The summed E-state index contributed by atoms with van der Waals surface area (Å²) < 4.78 is 5.65. The van der Waals surface area contributed by atoms with Gasteiger partial charge in [-0.25, -0.2) is 9.59 Å². The summed E-state index contributed by atoms with van der Waals surface area (Å²) in [6.07, 6.45) is 0.709. The third kappa shape index (κ3) is 3.81. The predicted molar refractivity (Wildman–Crippen MR) is 123 cm³/mol. The number of fused-ring (bicyclic) bond motifs is 3. The third-order valence-corrected chi connectivity index (χ3v) is 7.38. The normalized spacial score (nSPS) is 22.8. The second-order valence-electron chi connectivity index (χ2n) is 9.44. The van der Waals surface area contributed by atoms with Crippen molar-refractivity contribution in [1.29, 1.82) is 0 Å². The molecule has 2 amide bonds. The molecule has 0 spiro atoms. The maximum absolute atomic E-state index is 13.4. The SMILES string of the molecule is O=C(NC1(C(=O)N2CC(O)C[C@H]2C(=O)O)CCCC1)OCC1c2ccccc2-c2ccccc21. The third-order valence-electron chi connectivity index (χ3n) is 7.38. The highest BCUT2D eigenvalue weighted by molar-refractivity contribution is 5.93. The van der Waals surface area contributed by atoms with E-state index in [1.807, 2.05) is 36.4 Å². The van der Waals surface area contributed by atoms with E-state index in [2.05, 4.69) is 17.4 Å².